The van der Waals surface area contributed by atoms with Crippen LogP contribution in [0.25, 0.3) is 0 Å². The Morgan fingerprint density at radius 2 is 2.35 bits per heavy atom. The van der Waals surface area contributed by atoms with E-state index in [1.54, 1.807) is 18.2 Å². The predicted molar refractivity (Wildman–Crippen MR) is 84.3 cm³/mol. The largest absolute Gasteiger partial charge is 0.481 e. The molecule has 2 heterocycles. The average molecular weight is 320 g/mol. The van der Waals surface area contributed by atoms with Crippen LogP contribution in [-0.2, 0) is 9.59 Å². The van der Waals surface area contributed by atoms with E-state index >= 15 is 4.39 Å². The maximum Gasteiger partial charge on any atom is 0.303 e. The van der Waals surface area contributed by atoms with Gasteiger partial charge in [0, 0.05) is 31.1 Å². The Bertz CT molecular complexity index is 636. The van der Waals surface area contributed by atoms with Crippen molar-refractivity contribution in [1.29, 1.82) is 0 Å². The maximum atomic E-state index is 15.0. The molecule has 0 spiro atoms. The Morgan fingerprint density at radius 1 is 1.57 bits per heavy atom. The minimum absolute atomic E-state index is 0.0248. The summed E-state index contributed by atoms with van der Waals surface area (Å²) in [5.74, 6) is -1.82. The third kappa shape index (κ3) is 2.83. The molecule has 124 valence electrons. The van der Waals surface area contributed by atoms with Gasteiger partial charge >= 0.3 is 5.97 Å². The maximum absolute atomic E-state index is 15.0. The molecule has 3 rings (SSSR count). The number of hydrogen-bond acceptors (Lipinski definition) is 3. The number of carbonyl (C=O) groups is 2. The lowest BCUT2D eigenvalue weighted by atomic mass is 9.86. The summed E-state index contributed by atoms with van der Waals surface area (Å²) in [5.41, 5.74) is -0.275. The Morgan fingerprint density at radius 3 is 3.04 bits per heavy atom. The number of piperidine rings is 1. The Balaban J connectivity index is 1.85. The van der Waals surface area contributed by atoms with Gasteiger partial charge in [0.25, 0.3) is 5.91 Å². The molecule has 5 nitrogen and oxygen atoms in total. The van der Waals surface area contributed by atoms with E-state index in [4.69, 9.17) is 5.11 Å². The Labute approximate surface area is 134 Å². The third-order valence-corrected chi connectivity index (χ3v) is 4.94. The van der Waals surface area contributed by atoms with Crippen LogP contribution in [0.3, 0.4) is 0 Å². The molecule has 2 aliphatic heterocycles. The number of benzene rings is 1. The van der Waals surface area contributed by atoms with Gasteiger partial charge in [-0.3, -0.25) is 9.59 Å². The predicted octanol–water partition coefficient (Wildman–Crippen LogP) is 1.93. The highest BCUT2D eigenvalue weighted by Crippen LogP contribution is 2.40. The molecule has 0 aromatic heterocycles. The second-order valence-electron chi connectivity index (χ2n) is 6.52. The molecule has 0 aliphatic carbocycles. The number of carboxylic acids is 1. The van der Waals surface area contributed by atoms with E-state index < -0.39 is 17.5 Å². The summed E-state index contributed by atoms with van der Waals surface area (Å²) >= 11 is 0. The number of fused-ring (bicyclic) bond motifs is 1. The fourth-order valence-electron chi connectivity index (χ4n) is 3.53. The highest BCUT2D eigenvalue weighted by atomic mass is 19.1. The summed E-state index contributed by atoms with van der Waals surface area (Å²) in [5, 5.41) is 12.1. The first-order valence-electron chi connectivity index (χ1n) is 7.95. The molecule has 23 heavy (non-hydrogen) atoms. The number of amides is 1. The quantitative estimate of drug-likeness (QED) is 0.889. The van der Waals surface area contributed by atoms with Gasteiger partial charge in [-0.15, -0.1) is 0 Å². The van der Waals surface area contributed by atoms with E-state index in [9.17, 15) is 9.59 Å². The molecular weight excluding hydrogens is 299 g/mol. The lowest BCUT2D eigenvalue weighted by Gasteiger charge is -2.29. The molecule has 2 aliphatic rings. The van der Waals surface area contributed by atoms with E-state index in [1.165, 1.54) is 4.90 Å². The van der Waals surface area contributed by atoms with Crippen LogP contribution in [0.5, 0.6) is 0 Å². The van der Waals surface area contributed by atoms with Crippen molar-refractivity contribution in [1.82, 2.24) is 5.32 Å². The number of carboxylic acid groups (broad SMARTS) is 1. The lowest BCUT2D eigenvalue weighted by molar-refractivity contribution is -0.137. The van der Waals surface area contributed by atoms with Crippen LogP contribution in [0.2, 0.25) is 0 Å². The monoisotopic (exact) mass is 320 g/mol. The standard InChI is InChI=1S/C17H21FN2O3/c1-11(7-15(21)22)12-3-2-4-14(8-12)20-10-13-9-19-6-5-17(13,18)16(20)23/h2-4,8,11,13,19H,5-7,9-10H2,1H3,(H,21,22)/t11?,13-,17+/m0/s1. The molecule has 3 atom stereocenters. The molecule has 0 saturated carbocycles. The van der Waals surface area contributed by atoms with Crippen molar-refractivity contribution in [3.8, 4) is 0 Å². The summed E-state index contributed by atoms with van der Waals surface area (Å²) in [4.78, 5) is 24.9. The minimum atomic E-state index is -1.77. The number of alkyl halides is 1. The third-order valence-electron chi connectivity index (χ3n) is 4.94. The fourth-order valence-corrected chi connectivity index (χ4v) is 3.53. The lowest BCUT2D eigenvalue weighted by Crippen LogP contribution is -2.49. The molecule has 1 aromatic rings. The van der Waals surface area contributed by atoms with Crippen LogP contribution >= 0.6 is 0 Å². The second-order valence-corrected chi connectivity index (χ2v) is 6.52. The van der Waals surface area contributed by atoms with Gasteiger partial charge in [0.2, 0.25) is 0 Å². The van der Waals surface area contributed by atoms with Gasteiger partial charge in [-0.1, -0.05) is 19.1 Å². The second kappa shape index (κ2) is 5.92. The number of carbonyl (C=O) groups excluding carboxylic acids is 1. The number of halogens is 1. The number of anilines is 1. The Hall–Kier alpha value is -1.95. The van der Waals surface area contributed by atoms with Crippen molar-refractivity contribution < 1.29 is 19.1 Å². The molecule has 1 aromatic carbocycles. The number of hydrogen-bond donors (Lipinski definition) is 2. The highest BCUT2D eigenvalue weighted by Gasteiger charge is 2.56. The van der Waals surface area contributed by atoms with Gasteiger partial charge in [0.1, 0.15) is 0 Å². The van der Waals surface area contributed by atoms with Gasteiger partial charge in [-0.2, -0.15) is 0 Å². The first kappa shape index (κ1) is 15.9. The number of rotatable bonds is 4. The molecule has 6 heteroatoms. The molecule has 2 saturated heterocycles. The number of nitrogens with one attached hydrogen (secondary N) is 1. The van der Waals surface area contributed by atoms with E-state index in [0.717, 1.165) is 5.56 Å². The van der Waals surface area contributed by atoms with Crippen LogP contribution in [0.4, 0.5) is 10.1 Å². The van der Waals surface area contributed by atoms with Crippen molar-refractivity contribution in [2.75, 3.05) is 24.5 Å². The average Bonchev–Trinajstić information content (AvgIpc) is 2.79. The van der Waals surface area contributed by atoms with Gasteiger partial charge in [-0.25, -0.2) is 4.39 Å². The first-order chi connectivity index (χ1) is 10.9. The van der Waals surface area contributed by atoms with Crippen molar-refractivity contribution in [2.24, 2.45) is 5.92 Å². The topological polar surface area (TPSA) is 69.6 Å². The van der Waals surface area contributed by atoms with Crippen molar-refractivity contribution in [3.63, 3.8) is 0 Å². The summed E-state index contributed by atoms with van der Waals surface area (Å²) in [7, 11) is 0. The van der Waals surface area contributed by atoms with E-state index in [2.05, 4.69) is 5.32 Å². The molecule has 0 radical (unpaired) electrons. The number of nitrogens with zero attached hydrogens (tertiary/aromatic N) is 1. The van der Waals surface area contributed by atoms with Crippen molar-refractivity contribution in [2.45, 2.75) is 31.4 Å². The SMILES string of the molecule is CC(CC(=O)O)c1cccc(N2C[C@@H]3CNCC[C@]3(F)C2=O)c1. The van der Waals surface area contributed by atoms with Gasteiger partial charge in [-0.05, 0) is 30.2 Å². The van der Waals surface area contributed by atoms with Crippen molar-refractivity contribution in [3.05, 3.63) is 29.8 Å². The molecule has 1 unspecified atom stereocenters. The molecule has 2 fully saturated rings. The van der Waals surface area contributed by atoms with Crippen LogP contribution in [0, 0.1) is 5.92 Å². The zero-order chi connectivity index (χ0) is 16.6. The smallest absolute Gasteiger partial charge is 0.303 e. The molecular formula is C17H21FN2O3. The van der Waals surface area contributed by atoms with E-state index in [1.807, 2.05) is 13.0 Å². The van der Waals surface area contributed by atoms with Crippen LogP contribution in [0.1, 0.15) is 31.2 Å². The minimum Gasteiger partial charge on any atom is -0.481 e. The Kier molecular flexibility index (Phi) is 4.10. The normalized spacial score (nSPS) is 28.5. The zero-order valence-electron chi connectivity index (χ0n) is 13.1. The summed E-state index contributed by atoms with van der Waals surface area (Å²) in [6.07, 6.45) is 0.235. The zero-order valence-corrected chi connectivity index (χ0v) is 13.1. The van der Waals surface area contributed by atoms with Gasteiger partial charge in [0.05, 0.1) is 6.42 Å². The molecule has 2 N–H and O–H groups in total. The molecule has 0 bridgehead atoms. The van der Waals surface area contributed by atoms with Crippen LogP contribution in [0.15, 0.2) is 24.3 Å². The summed E-state index contributed by atoms with van der Waals surface area (Å²) in [6, 6.07) is 7.22. The molecule has 1 amide bonds. The summed E-state index contributed by atoms with van der Waals surface area (Å²) < 4.78 is 15.0. The van der Waals surface area contributed by atoms with E-state index in [-0.39, 0.29) is 24.7 Å². The van der Waals surface area contributed by atoms with Crippen LogP contribution in [-0.4, -0.2) is 42.3 Å². The van der Waals surface area contributed by atoms with Crippen molar-refractivity contribution >= 4 is 17.6 Å². The van der Waals surface area contributed by atoms with Gasteiger partial charge in [0.15, 0.2) is 5.67 Å². The first-order valence-corrected chi connectivity index (χ1v) is 7.95. The van der Waals surface area contributed by atoms with Crippen LogP contribution < -0.4 is 10.2 Å². The van der Waals surface area contributed by atoms with E-state index in [0.29, 0.717) is 25.3 Å². The van der Waals surface area contributed by atoms with Gasteiger partial charge < -0.3 is 15.3 Å². The highest BCUT2D eigenvalue weighted by molar-refractivity contribution is 6.02. The fraction of sp³-hybridized carbons (Fsp3) is 0.529. The number of aliphatic carboxylic acids is 1. The summed E-state index contributed by atoms with van der Waals surface area (Å²) in [6.45, 7) is 3.22.